The van der Waals surface area contributed by atoms with Gasteiger partial charge in [0.1, 0.15) is 11.5 Å². The van der Waals surface area contributed by atoms with E-state index < -0.39 is 17.8 Å². The lowest BCUT2D eigenvalue weighted by atomic mass is 10.0. The van der Waals surface area contributed by atoms with Gasteiger partial charge in [0.05, 0.1) is 12.8 Å². The Morgan fingerprint density at radius 3 is 2.14 bits per heavy atom. The Balaban J connectivity index is 1.54. The van der Waals surface area contributed by atoms with Crippen molar-refractivity contribution in [2.75, 3.05) is 6.61 Å². The predicted octanol–water partition coefficient (Wildman–Crippen LogP) is 7.93. The zero-order valence-corrected chi connectivity index (χ0v) is 21.9. The highest BCUT2D eigenvalue weighted by atomic mass is 19.1. The van der Waals surface area contributed by atoms with Gasteiger partial charge in [0.15, 0.2) is 5.82 Å². The summed E-state index contributed by atoms with van der Waals surface area (Å²) in [5, 5.41) is 0. The molecular formula is C30H36F2N2O3. The monoisotopic (exact) mass is 510 g/mol. The fraction of sp³-hybridized carbons (Fsp3) is 0.433. The van der Waals surface area contributed by atoms with Gasteiger partial charge in [0.25, 0.3) is 0 Å². The number of hydrogen-bond donors (Lipinski definition) is 0. The Bertz CT molecular complexity index is 1100. The van der Waals surface area contributed by atoms with E-state index in [1.165, 1.54) is 6.92 Å². The average Bonchev–Trinajstić information content (AvgIpc) is 2.89. The second-order valence-corrected chi connectivity index (χ2v) is 9.51. The first kappa shape index (κ1) is 28.2. The van der Waals surface area contributed by atoms with Crippen LogP contribution in [0.5, 0.6) is 11.5 Å². The second-order valence-electron chi connectivity index (χ2n) is 9.51. The van der Waals surface area contributed by atoms with Gasteiger partial charge in [-0.2, -0.15) is 0 Å². The van der Waals surface area contributed by atoms with Crippen molar-refractivity contribution in [3.05, 3.63) is 60.9 Å². The molecule has 37 heavy (non-hydrogen) atoms. The van der Waals surface area contributed by atoms with Gasteiger partial charge in [-0.15, -0.1) is 0 Å². The van der Waals surface area contributed by atoms with Gasteiger partial charge in [-0.1, -0.05) is 31.9 Å². The topological polar surface area (TPSA) is 61.3 Å². The summed E-state index contributed by atoms with van der Waals surface area (Å²) in [6, 6.07) is 14.4. The van der Waals surface area contributed by atoms with Gasteiger partial charge < -0.3 is 9.47 Å². The summed E-state index contributed by atoms with van der Waals surface area (Å²) in [6.07, 6.45) is 7.51. The molecule has 0 bridgehead atoms. The molecule has 0 aliphatic carbocycles. The predicted molar refractivity (Wildman–Crippen MR) is 142 cm³/mol. The van der Waals surface area contributed by atoms with Crippen LogP contribution in [0.4, 0.5) is 8.78 Å². The highest BCUT2D eigenvalue weighted by molar-refractivity contribution is 5.81. The highest BCUT2D eigenvalue weighted by Gasteiger charge is 2.34. The van der Waals surface area contributed by atoms with Crippen molar-refractivity contribution in [3.8, 4) is 34.0 Å². The summed E-state index contributed by atoms with van der Waals surface area (Å²) < 4.78 is 38.4. The smallest absolute Gasteiger partial charge is 0.348 e. The molecule has 7 heteroatoms. The summed E-state index contributed by atoms with van der Waals surface area (Å²) in [4.78, 5) is 21.2. The van der Waals surface area contributed by atoms with Crippen LogP contribution in [0.15, 0.2) is 60.9 Å². The van der Waals surface area contributed by atoms with Crippen LogP contribution in [-0.4, -0.2) is 34.4 Å². The minimum Gasteiger partial charge on any atom is -0.494 e. The zero-order valence-electron chi connectivity index (χ0n) is 21.9. The van der Waals surface area contributed by atoms with Gasteiger partial charge >= 0.3 is 5.97 Å². The maximum absolute atomic E-state index is 14.6. The number of esters is 1. The summed E-state index contributed by atoms with van der Waals surface area (Å²) in [5.74, 6) is 0.767. The van der Waals surface area contributed by atoms with Crippen molar-refractivity contribution in [1.82, 2.24) is 9.97 Å². The number of halogens is 2. The molecule has 0 unspecified atom stereocenters. The van der Waals surface area contributed by atoms with Crippen LogP contribution in [0.1, 0.15) is 65.7 Å². The summed E-state index contributed by atoms with van der Waals surface area (Å²) in [6.45, 7) is 5.43. The molecule has 2 aromatic carbocycles. The van der Waals surface area contributed by atoms with Crippen LogP contribution in [0.25, 0.3) is 22.5 Å². The van der Waals surface area contributed by atoms with Crippen molar-refractivity contribution in [2.24, 2.45) is 0 Å². The molecule has 198 valence electrons. The first-order chi connectivity index (χ1) is 17.8. The number of ether oxygens (including phenoxy) is 2. The van der Waals surface area contributed by atoms with Gasteiger partial charge in [0, 0.05) is 23.5 Å². The van der Waals surface area contributed by atoms with Crippen molar-refractivity contribution < 1.29 is 23.0 Å². The van der Waals surface area contributed by atoms with Crippen LogP contribution < -0.4 is 9.47 Å². The first-order valence-electron chi connectivity index (χ1n) is 13.0. The Morgan fingerprint density at radius 1 is 0.892 bits per heavy atom. The third-order valence-electron chi connectivity index (χ3n) is 6.10. The molecule has 1 heterocycles. The Hall–Kier alpha value is -3.35. The first-order valence-corrected chi connectivity index (χ1v) is 13.0. The fourth-order valence-electron chi connectivity index (χ4n) is 3.78. The lowest BCUT2D eigenvalue weighted by molar-refractivity contribution is -0.147. The molecule has 0 saturated carbocycles. The molecule has 2 atom stereocenters. The molecule has 0 amide bonds. The van der Waals surface area contributed by atoms with E-state index in [0.717, 1.165) is 48.1 Å². The van der Waals surface area contributed by atoms with Crippen LogP contribution >= 0.6 is 0 Å². The summed E-state index contributed by atoms with van der Waals surface area (Å²) >= 11 is 0. The van der Waals surface area contributed by atoms with E-state index in [-0.39, 0.29) is 6.42 Å². The van der Waals surface area contributed by atoms with Crippen molar-refractivity contribution in [2.45, 2.75) is 77.6 Å². The lowest BCUT2D eigenvalue weighted by Gasteiger charge is -2.18. The van der Waals surface area contributed by atoms with E-state index in [4.69, 9.17) is 9.47 Å². The van der Waals surface area contributed by atoms with Crippen molar-refractivity contribution in [3.63, 3.8) is 0 Å². The normalized spacial score (nSPS) is 13.5. The SMILES string of the molecule is CCCCC[C@](C)(F)C(=O)Oc1ccc(-c2cnc(-c3ccc(OCCCC[C@H](C)F)cc3)nc2)cc1. The molecule has 0 fully saturated rings. The van der Waals surface area contributed by atoms with Crippen molar-refractivity contribution >= 4 is 5.97 Å². The van der Waals surface area contributed by atoms with E-state index in [1.54, 1.807) is 43.6 Å². The summed E-state index contributed by atoms with van der Waals surface area (Å²) in [7, 11) is 0. The number of benzene rings is 2. The molecule has 5 nitrogen and oxygen atoms in total. The maximum Gasteiger partial charge on any atom is 0.348 e. The van der Waals surface area contributed by atoms with Crippen LogP contribution in [-0.2, 0) is 4.79 Å². The van der Waals surface area contributed by atoms with E-state index in [9.17, 15) is 13.6 Å². The number of alkyl halides is 2. The zero-order chi connectivity index (χ0) is 26.7. The minimum absolute atomic E-state index is 0.151. The van der Waals surface area contributed by atoms with Gasteiger partial charge in [-0.05, 0) is 87.9 Å². The van der Waals surface area contributed by atoms with E-state index >= 15 is 0 Å². The molecule has 0 N–H and O–H groups in total. The van der Waals surface area contributed by atoms with Crippen LogP contribution in [0.2, 0.25) is 0 Å². The third kappa shape index (κ3) is 8.92. The largest absolute Gasteiger partial charge is 0.494 e. The van der Waals surface area contributed by atoms with Crippen LogP contribution in [0.3, 0.4) is 0 Å². The van der Waals surface area contributed by atoms with Crippen LogP contribution in [0, 0.1) is 0 Å². The van der Waals surface area contributed by atoms with Crippen molar-refractivity contribution in [1.29, 1.82) is 0 Å². The molecule has 1 aromatic heterocycles. The van der Waals surface area contributed by atoms with Gasteiger partial charge in [0.2, 0.25) is 5.67 Å². The van der Waals surface area contributed by atoms with E-state index in [0.29, 0.717) is 31.0 Å². The quantitative estimate of drug-likeness (QED) is 0.125. The lowest BCUT2D eigenvalue weighted by Crippen LogP contribution is -2.34. The van der Waals surface area contributed by atoms with E-state index in [1.807, 2.05) is 31.2 Å². The molecule has 0 saturated heterocycles. The molecule has 0 aliphatic rings. The molecular weight excluding hydrogens is 474 g/mol. The number of carbonyl (C=O) groups is 1. The summed E-state index contributed by atoms with van der Waals surface area (Å²) in [5.41, 5.74) is 0.513. The number of hydrogen-bond acceptors (Lipinski definition) is 5. The number of aromatic nitrogens is 2. The Labute approximate surface area is 218 Å². The molecule has 0 radical (unpaired) electrons. The fourth-order valence-corrected chi connectivity index (χ4v) is 3.78. The maximum atomic E-state index is 14.6. The molecule has 3 aromatic rings. The minimum atomic E-state index is -2.00. The number of carbonyl (C=O) groups excluding carboxylic acids is 1. The molecule has 3 rings (SSSR count). The Kier molecular flexibility index (Phi) is 10.5. The Morgan fingerprint density at radius 2 is 1.51 bits per heavy atom. The average molecular weight is 511 g/mol. The molecule has 0 aliphatic heterocycles. The standard InChI is InChI=1S/C30H36F2N2O3/c1-4-5-7-18-30(3,32)29(35)37-27-16-10-23(11-17-27)25-20-33-28(34-21-25)24-12-14-26(15-13-24)36-19-8-6-9-22(2)31/h10-17,20-22H,4-9,18-19H2,1-3H3/t22-,30-/m0/s1. The molecule has 0 spiro atoms. The number of nitrogens with zero attached hydrogens (tertiary/aromatic N) is 2. The third-order valence-corrected chi connectivity index (χ3v) is 6.10. The second kappa shape index (κ2) is 13.8. The van der Waals surface area contributed by atoms with Gasteiger partial charge in [-0.3, -0.25) is 0 Å². The number of rotatable bonds is 14. The number of unbranched alkanes of at least 4 members (excludes halogenated alkanes) is 3. The highest BCUT2D eigenvalue weighted by Crippen LogP contribution is 2.26. The van der Waals surface area contributed by atoms with Gasteiger partial charge in [-0.25, -0.2) is 23.5 Å². The van der Waals surface area contributed by atoms with E-state index in [2.05, 4.69) is 9.97 Å².